The number of aromatic nitrogens is 3. The van der Waals surface area contributed by atoms with E-state index in [0.717, 1.165) is 30.8 Å². The van der Waals surface area contributed by atoms with Crippen LogP contribution >= 0.6 is 0 Å². The Hall–Kier alpha value is -2.54. The topological polar surface area (TPSA) is 89.0 Å². The maximum absolute atomic E-state index is 12.3. The van der Waals surface area contributed by atoms with Gasteiger partial charge in [0.05, 0.1) is 18.3 Å². The fourth-order valence-electron chi connectivity index (χ4n) is 2.54. The highest BCUT2D eigenvalue weighted by molar-refractivity contribution is 5.92. The highest BCUT2D eigenvalue weighted by Crippen LogP contribution is 2.11. The van der Waals surface area contributed by atoms with Crippen LogP contribution in [-0.2, 0) is 11.3 Å². The molecule has 1 atom stereocenters. The van der Waals surface area contributed by atoms with Crippen molar-refractivity contribution >= 4 is 11.9 Å². The van der Waals surface area contributed by atoms with Gasteiger partial charge in [0.1, 0.15) is 5.69 Å². The Balaban J connectivity index is 1.61. The molecule has 7 heteroatoms. The summed E-state index contributed by atoms with van der Waals surface area (Å²) in [6.45, 7) is 3.62. The summed E-state index contributed by atoms with van der Waals surface area (Å²) in [5.74, 6) is 0.208. The van der Waals surface area contributed by atoms with Gasteiger partial charge in [0.25, 0.3) is 5.91 Å². The van der Waals surface area contributed by atoms with E-state index >= 15 is 0 Å². The molecule has 1 saturated heterocycles. The zero-order valence-electron chi connectivity index (χ0n) is 13.7. The van der Waals surface area contributed by atoms with Crippen LogP contribution in [0.15, 0.2) is 30.5 Å². The Morgan fingerprint density at radius 2 is 2.29 bits per heavy atom. The molecule has 3 rings (SSSR count). The molecule has 3 heterocycles. The molecular weight excluding hydrogens is 306 g/mol. The lowest BCUT2D eigenvalue weighted by Gasteiger charge is -2.11. The number of rotatable bonds is 6. The SMILES string of the molecule is Cc1cc(C(=O)NCC2CCCO2)nc(NCc2ccccn2)n1. The molecule has 24 heavy (non-hydrogen) atoms. The number of carbonyl (C=O) groups is 1. The highest BCUT2D eigenvalue weighted by Gasteiger charge is 2.17. The zero-order chi connectivity index (χ0) is 16.8. The second-order valence-electron chi connectivity index (χ2n) is 5.74. The second-order valence-corrected chi connectivity index (χ2v) is 5.74. The van der Waals surface area contributed by atoms with Crippen molar-refractivity contribution in [1.29, 1.82) is 0 Å². The first-order valence-corrected chi connectivity index (χ1v) is 8.10. The van der Waals surface area contributed by atoms with Gasteiger partial charge in [0, 0.05) is 25.0 Å². The number of amides is 1. The first-order valence-electron chi connectivity index (χ1n) is 8.10. The normalized spacial score (nSPS) is 16.8. The molecule has 7 nitrogen and oxygen atoms in total. The summed E-state index contributed by atoms with van der Waals surface area (Å²) in [5, 5.41) is 5.98. The summed E-state index contributed by atoms with van der Waals surface area (Å²) < 4.78 is 5.51. The summed E-state index contributed by atoms with van der Waals surface area (Å²) in [7, 11) is 0. The van der Waals surface area contributed by atoms with E-state index < -0.39 is 0 Å². The van der Waals surface area contributed by atoms with Gasteiger partial charge in [0.15, 0.2) is 0 Å². The molecule has 1 aliphatic rings. The van der Waals surface area contributed by atoms with Crippen molar-refractivity contribution < 1.29 is 9.53 Å². The first kappa shape index (κ1) is 16.3. The molecule has 0 spiro atoms. The van der Waals surface area contributed by atoms with E-state index in [0.29, 0.717) is 24.7 Å². The van der Waals surface area contributed by atoms with Gasteiger partial charge in [-0.15, -0.1) is 0 Å². The van der Waals surface area contributed by atoms with Crippen LogP contribution < -0.4 is 10.6 Å². The smallest absolute Gasteiger partial charge is 0.270 e. The monoisotopic (exact) mass is 327 g/mol. The van der Waals surface area contributed by atoms with E-state index in [1.165, 1.54) is 0 Å². The molecule has 1 unspecified atom stereocenters. The Kier molecular flexibility index (Phi) is 5.32. The van der Waals surface area contributed by atoms with Gasteiger partial charge in [0.2, 0.25) is 5.95 Å². The van der Waals surface area contributed by atoms with Crippen LogP contribution in [0.1, 0.15) is 34.7 Å². The van der Waals surface area contributed by atoms with Crippen LogP contribution in [0.4, 0.5) is 5.95 Å². The van der Waals surface area contributed by atoms with Crippen LogP contribution in [0, 0.1) is 6.92 Å². The summed E-state index contributed by atoms with van der Waals surface area (Å²) in [5.41, 5.74) is 1.96. The van der Waals surface area contributed by atoms with Gasteiger partial charge in [-0.05, 0) is 38.0 Å². The predicted octanol–water partition coefficient (Wildman–Crippen LogP) is 1.70. The van der Waals surface area contributed by atoms with E-state index in [9.17, 15) is 4.79 Å². The molecule has 0 aliphatic carbocycles. The van der Waals surface area contributed by atoms with Crippen molar-refractivity contribution in [1.82, 2.24) is 20.3 Å². The van der Waals surface area contributed by atoms with Crippen LogP contribution in [0.2, 0.25) is 0 Å². The lowest BCUT2D eigenvalue weighted by molar-refractivity contribution is 0.0853. The average Bonchev–Trinajstić information content (AvgIpc) is 3.12. The molecule has 2 aromatic rings. The summed E-state index contributed by atoms with van der Waals surface area (Å²) in [6, 6.07) is 7.38. The third kappa shape index (κ3) is 4.48. The van der Waals surface area contributed by atoms with Gasteiger partial charge in [-0.1, -0.05) is 6.07 Å². The molecule has 2 aromatic heterocycles. The quantitative estimate of drug-likeness (QED) is 0.839. The van der Waals surface area contributed by atoms with Crippen LogP contribution in [0.25, 0.3) is 0 Å². The van der Waals surface area contributed by atoms with E-state index in [4.69, 9.17) is 4.74 Å². The van der Waals surface area contributed by atoms with Crippen molar-refractivity contribution in [3.05, 3.63) is 47.5 Å². The third-order valence-electron chi connectivity index (χ3n) is 3.75. The number of anilines is 1. The second kappa shape index (κ2) is 7.83. The van der Waals surface area contributed by atoms with Crippen LogP contribution in [0.5, 0.6) is 0 Å². The van der Waals surface area contributed by atoms with E-state index in [-0.39, 0.29) is 12.0 Å². The molecule has 0 saturated carbocycles. The van der Waals surface area contributed by atoms with Crippen molar-refractivity contribution in [2.75, 3.05) is 18.5 Å². The third-order valence-corrected chi connectivity index (χ3v) is 3.75. The Morgan fingerprint density at radius 3 is 3.04 bits per heavy atom. The van der Waals surface area contributed by atoms with Crippen LogP contribution in [0.3, 0.4) is 0 Å². The first-order chi connectivity index (χ1) is 11.7. The van der Waals surface area contributed by atoms with Gasteiger partial charge in [-0.25, -0.2) is 9.97 Å². The molecule has 0 radical (unpaired) electrons. The maximum atomic E-state index is 12.3. The molecule has 0 aromatic carbocycles. The standard InChI is InChI=1S/C17H21N5O2/c1-12-9-15(16(23)19-11-14-6-4-8-24-14)22-17(21-12)20-10-13-5-2-3-7-18-13/h2-3,5,7,9,14H,4,6,8,10-11H2,1H3,(H,19,23)(H,20,21,22). The molecule has 1 amide bonds. The Labute approximate surface area is 140 Å². The zero-order valence-corrected chi connectivity index (χ0v) is 13.7. The minimum atomic E-state index is -0.211. The summed E-state index contributed by atoms with van der Waals surface area (Å²) in [6.07, 6.45) is 3.88. The molecule has 2 N–H and O–H groups in total. The van der Waals surface area contributed by atoms with Crippen molar-refractivity contribution in [3.63, 3.8) is 0 Å². The van der Waals surface area contributed by atoms with Crippen molar-refractivity contribution in [2.45, 2.75) is 32.4 Å². The summed E-state index contributed by atoms with van der Waals surface area (Å²) >= 11 is 0. The Morgan fingerprint density at radius 1 is 1.38 bits per heavy atom. The van der Waals surface area contributed by atoms with Crippen molar-refractivity contribution in [2.24, 2.45) is 0 Å². The summed E-state index contributed by atoms with van der Waals surface area (Å²) in [4.78, 5) is 25.1. The van der Waals surface area contributed by atoms with Crippen LogP contribution in [-0.4, -0.2) is 40.1 Å². The van der Waals surface area contributed by atoms with Gasteiger partial charge >= 0.3 is 0 Å². The number of aryl methyl sites for hydroxylation is 1. The number of carbonyl (C=O) groups excluding carboxylic acids is 1. The fraction of sp³-hybridized carbons (Fsp3) is 0.412. The average molecular weight is 327 g/mol. The molecule has 1 aliphatic heterocycles. The van der Waals surface area contributed by atoms with E-state index in [1.54, 1.807) is 12.3 Å². The number of hydrogen-bond acceptors (Lipinski definition) is 6. The van der Waals surface area contributed by atoms with Crippen molar-refractivity contribution in [3.8, 4) is 0 Å². The Bertz CT molecular complexity index is 687. The number of nitrogens with one attached hydrogen (secondary N) is 2. The number of hydrogen-bond donors (Lipinski definition) is 2. The minimum Gasteiger partial charge on any atom is -0.376 e. The highest BCUT2D eigenvalue weighted by atomic mass is 16.5. The largest absolute Gasteiger partial charge is 0.376 e. The predicted molar refractivity (Wildman–Crippen MR) is 89.6 cm³/mol. The lowest BCUT2D eigenvalue weighted by Crippen LogP contribution is -2.32. The van der Waals surface area contributed by atoms with E-state index in [1.807, 2.05) is 25.1 Å². The number of ether oxygens (including phenoxy) is 1. The molecule has 0 bridgehead atoms. The molecule has 126 valence electrons. The fourth-order valence-corrected chi connectivity index (χ4v) is 2.54. The van der Waals surface area contributed by atoms with Gasteiger partial charge in [-0.2, -0.15) is 0 Å². The number of nitrogens with zero attached hydrogens (tertiary/aromatic N) is 3. The molecular formula is C17H21N5O2. The van der Waals surface area contributed by atoms with E-state index in [2.05, 4.69) is 25.6 Å². The van der Waals surface area contributed by atoms with Gasteiger partial charge < -0.3 is 15.4 Å². The number of pyridine rings is 1. The maximum Gasteiger partial charge on any atom is 0.270 e. The molecule has 1 fully saturated rings. The minimum absolute atomic E-state index is 0.110. The van der Waals surface area contributed by atoms with Gasteiger partial charge in [-0.3, -0.25) is 9.78 Å². The lowest BCUT2D eigenvalue weighted by atomic mass is 10.2.